The van der Waals surface area contributed by atoms with Gasteiger partial charge in [-0.15, -0.1) is 0 Å². The molecule has 0 unspecified atom stereocenters. The van der Waals surface area contributed by atoms with E-state index in [0.717, 1.165) is 18.4 Å². The van der Waals surface area contributed by atoms with E-state index in [1.165, 1.54) is 0 Å². The van der Waals surface area contributed by atoms with Crippen molar-refractivity contribution in [3.8, 4) is 0 Å². The van der Waals surface area contributed by atoms with Crippen molar-refractivity contribution in [3.63, 3.8) is 0 Å². The highest BCUT2D eigenvalue weighted by atomic mass is 32.2. The molecule has 0 saturated carbocycles. The second-order valence-corrected chi connectivity index (χ2v) is 5.50. The molecule has 0 spiro atoms. The molecule has 2 rings (SSSR count). The average Bonchev–Trinajstić information content (AvgIpc) is 2.60. The molecule has 0 atom stereocenters. The SMILES string of the molecule is CS(=O)(=O)OCCn1ccc2cc(F)c(F)cc21. The van der Waals surface area contributed by atoms with E-state index in [9.17, 15) is 17.2 Å². The van der Waals surface area contributed by atoms with Gasteiger partial charge in [-0.2, -0.15) is 8.42 Å². The predicted molar refractivity (Wildman–Crippen MR) is 62.6 cm³/mol. The summed E-state index contributed by atoms with van der Waals surface area (Å²) in [5, 5.41) is 0.549. The molecule has 2 aromatic rings. The van der Waals surface area contributed by atoms with Gasteiger partial charge in [-0.05, 0) is 12.1 Å². The zero-order valence-electron chi connectivity index (χ0n) is 9.56. The molecule has 0 amide bonds. The van der Waals surface area contributed by atoms with Crippen LogP contribution in [0.3, 0.4) is 0 Å². The number of nitrogens with zero attached hydrogens (tertiary/aromatic N) is 1. The van der Waals surface area contributed by atoms with Crippen LogP contribution in [0, 0.1) is 11.6 Å². The smallest absolute Gasteiger partial charge is 0.264 e. The largest absolute Gasteiger partial charge is 0.345 e. The summed E-state index contributed by atoms with van der Waals surface area (Å²) in [6.45, 7) is 0.184. The molecule has 0 radical (unpaired) electrons. The summed E-state index contributed by atoms with van der Waals surface area (Å²) in [4.78, 5) is 0. The summed E-state index contributed by atoms with van der Waals surface area (Å²) in [5.74, 6) is -1.85. The standard InChI is InChI=1S/C11H11F2NO3S/c1-18(15,16)17-5-4-14-3-2-8-6-9(12)10(13)7-11(8)14/h2-3,6-7H,4-5H2,1H3. The van der Waals surface area contributed by atoms with Crippen LogP contribution in [0.4, 0.5) is 8.78 Å². The van der Waals surface area contributed by atoms with E-state index in [2.05, 4.69) is 4.18 Å². The first-order valence-corrected chi connectivity index (χ1v) is 6.97. The Morgan fingerprint density at radius 2 is 1.94 bits per heavy atom. The molecule has 98 valence electrons. The molecule has 7 heteroatoms. The van der Waals surface area contributed by atoms with E-state index in [4.69, 9.17) is 0 Å². The quantitative estimate of drug-likeness (QED) is 0.801. The topological polar surface area (TPSA) is 48.3 Å². The molecule has 18 heavy (non-hydrogen) atoms. The van der Waals surface area contributed by atoms with Gasteiger partial charge >= 0.3 is 0 Å². The number of aromatic nitrogens is 1. The van der Waals surface area contributed by atoms with Gasteiger partial charge in [-0.25, -0.2) is 8.78 Å². The molecular weight excluding hydrogens is 264 g/mol. The van der Waals surface area contributed by atoms with Crippen LogP contribution in [0.15, 0.2) is 24.4 Å². The summed E-state index contributed by atoms with van der Waals surface area (Å²) < 4.78 is 53.8. The van der Waals surface area contributed by atoms with E-state index in [1.807, 2.05) is 0 Å². The Labute approximate surface area is 103 Å². The Kier molecular flexibility index (Phi) is 3.36. The van der Waals surface area contributed by atoms with Crippen molar-refractivity contribution in [2.75, 3.05) is 12.9 Å². The van der Waals surface area contributed by atoms with Crippen LogP contribution in [0.5, 0.6) is 0 Å². The van der Waals surface area contributed by atoms with Gasteiger partial charge in [0.2, 0.25) is 0 Å². The summed E-state index contributed by atoms with van der Waals surface area (Å²) >= 11 is 0. The number of hydrogen-bond donors (Lipinski definition) is 0. The summed E-state index contributed by atoms with van der Waals surface area (Å²) in [6.07, 6.45) is 2.57. The lowest BCUT2D eigenvalue weighted by Crippen LogP contribution is -2.09. The van der Waals surface area contributed by atoms with E-state index in [-0.39, 0.29) is 13.2 Å². The summed E-state index contributed by atoms with van der Waals surface area (Å²) in [7, 11) is -3.49. The van der Waals surface area contributed by atoms with Crippen molar-refractivity contribution in [1.82, 2.24) is 4.57 Å². The molecule has 0 fully saturated rings. The number of fused-ring (bicyclic) bond motifs is 1. The molecule has 1 aromatic carbocycles. The Bertz CT molecular complexity index is 679. The van der Waals surface area contributed by atoms with Gasteiger partial charge in [-0.1, -0.05) is 0 Å². The van der Waals surface area contributed by atoms with E-state index < -0.39 is 21.8 Å². The van der Waals surface area contributed by atoms with E-state index in [1.54, 1.807) is 16.8 Å². The minimum atomic E-state index is -3.49. The third kappa shape index (κ3) is 2.85. The maximum Gasteiger partial charge on any atom is 0.264 e. The summed E-state index contributed by atoms with van der Waals surface area (Å²) in [6, 6.07) is 3.79. The molecule has 0 N–H and O–H groups in total. The lowest BCUT2D eigenvalue weighted by atomic mass is 10.2. The van der Waals surface area contributed by atoms with Gasteiger partial charge in [0.05, 0.1) is 18.4 Å². The van der Waals surface area contributed by atoms with Gasteiger partial charge in [0, 0.05) is 24.2 Å². The van der Waals surface area contributed by atoms with Gasteiger partial charge < -0.3 is 4.57 Å². The van der Waals surface area contributed by atoms with Crippen molar-refractivity contribution >= 4 is 21.0 Å². The van der Waals surface area contributed by atoms with Gasteiger partial charge in [0.25, 0.3) is 10.1 Å². The van der Waals surface area contributed by atoms with Crippen LogP contribution in [-0.2, 0) is 20.8 Å². The molecule has 0 bridgehead atoms. The molecular formula is C11H11F2NO3S. The third-order valence-electron chi connectivity index (χ3n) is 2.44. The van der Waals surface area contributed by atoms with Gasteiger partial charge in [0.1, 0.15) is 0 Å². The summed E-state index contributed by atoms with van der Waals surface area (Å²) in [5.41, 5.74) is 0.492. The Morgan fingerprint density at radius 1 is 1.28 bits per heavy atom. The van der Waals surface area contributed by atoms with Crippen molar-refractivity contribution in [1.29, 1.82) is 0 Å². The van der Waals surface area contributed by atoms with Crippen molar-refractivity contribution < 1.29 is 21.4 Å². The third-order valence-corrected chi connectivity index (χ3v) is 3.04. The van der Waals surface area contributed by atoms with Crippen LogP contribution in [0.2, 0.25) is 0 Å². The molecule has 1 aromatic heterocycles. The van der Waals surface area contributed by atoms with Gasteiger partial charge in [0.15, 0.2) is 11.6 Å². The minimum Gasteiger partial charge on any atom is -0.345 e. The number of rotatable bonds is 4. The highest BCUT2D eigenvalue weighted by molar-refractivity contribution is 7.85. The maximum absolute atomic E-state index is 13.1. The first-order valence-electron chi connectivity index (χ1n) is 5.15. The van der Waals surface area contributed by atoms with Crippen molar-refractivity contribution in [2.24, 2.45) is 0 Å². The second-order valence-electron chi connectivity index (χ2n) is 3.86. The number of halogens is 2. The zero-order valence-corrected chi connectivity index (χ0v) is 10.4. The van der Waals surface area contributed by atoms with E-state index in [0.29, 0.717) is 10.9 Å². The van der Waals surface area contributed by atoms with Crippen LogP contribution < -0.4 is 0 Å². The molecule has 0 aliphatic heterocycles. The second kappa shape index (κ2) is 4.66. The molecule has 1 heterocycles. The van der Waals surface area contributed by atoms with Crippen LogP contribution in [0.25, 0.3) is 10.9 Å². The minimum absolute atomic E-state index is 0.0540. The molecule has 0 saturated heterocycles. The average molecular weight is 275 g/mol. The Balaban J connectivity index is 2.22. The first-order chi connectivity index (χ1) is 8.37. The highest BCUT2D eigenvalue weighted by Gasteiger charge is 2.08. The predicted octanol–water partition coefficient (Wildman–Crippen LogP) is 1.90. The van der Waals surface area contributed by atoms with Crippen LogP contribution in [-0.4, -0.2) is 25.8 Å². The Hall–Kier alpha value is -1.47. The normalized spacial score (nSPS) is 12.2. The molecule has 0 aliphatic carbocycles. The lowest BCUT2D eigenvalue weighted by molar-refractivity contribution is 0.306. The van der Waals surface area contributed by atoms with Crippen LogP contribution >= 0.6 is 0 Å². The van der Waals surface area contributed by atoms with Crippen molar-refractivity contribution in [2.45, 2.75) is 6.54 Å². The monoisotopic (exact) mass is 275 g/mol. The fraction of sp³-hybridized carbons (Fsp3) is 0.273. The van der Waals surface area contributed by atoms with Crippen molar-refractivity contribution in [3.05, 3.63) is 36.0 Å². The fourth-order valence-electron chi connectivity index (χ4n) is 1.67. The number of benzene rings is 1. The Morgan fingerprint density at radius 3 is 2.61 bits per heavy atom. The van der Waals surface area contributed by atoms with Gasteiger partial charge in [-0.3, -0.25) is 4.18 Å². The first kappa shape index (κ1) is 13.0. The molecule has 0 aliphatic rings. The molecule has 4 nitrogen and oxygen atoms in total. The van der Waals surface area contributed by atoms with E-state index >= 15 is 0 Å². The maximum atomic E-state index is 13.1. The lowest BCUT2D eigenvalue weighted by Gasteiger charge is -2.05. The zero-order chi connectivity index (χ0) is 13.3. The van der Waals surface area contributed by atoms with Crippen LogP contribution in [0.1, 0.15) is 0 Å². The number of hydrogen-bond acceptors (Lipinski definition) is 3. The highest BCUT2D eigenvalue weighted by Crippen LogP contribution is 2.19. The fourth-order valence-corrected chi connectivity index (χ4v) is 2.04.